The van der Waals surface area contributed by atoms with Crippen molar-refractivity contribution in [3.63, 3.8) is 0 Å². The van der Waals surface area contributed by atoms with Crippen LogP contribution in [-0.2, 0) is 7.05 Å². The number of carbonyl (C=O) groups excluding carboxylic acids is 1. The quantitative estimate of drug-likeness (QED) is 0.743. The van der Waals surface area contributed by atoms with Crippen LogP contribution in [0.3, 0.4) is 0 Å². The van der Waals surface area contributed by atoms with Gasteiger partial charge in [0.25, 0.3) is 11.5 Å². The Morgan fingerprint density at radius 3 is 3.00 bits per heavy atom. The molecule has 0 spiro atoms. The van der Waals surface area contributed by atoms with Gasteiger partial charge >= 0.3 is 0 Å². The van der Waals surface area contributed by atoms with Crippen LogP contribution >= 0.6 is 0 Å². The van der Waals surface area contributed by atoms with Gasteiger partial charge < -0.3 is 10.0 Å². The van der Waals surface area contributed by atoms with Gasteiger partial charge in [-0.2, -0.15) is 5.10 Å². The second kappa shape index (κ2) is 4.67. The van der Waals surface area contributed by atoms with Gasteiger partial charge in [-0.25, -0.2) is 4.68 Å². The Hall–Kier alpha value is -1.69. The van der Waals surface area contributed by atoms with Crippen molar-refractivity contribution in [2.24, 2.45) is 7.05 Å². The fourth-order valence-electron chi connectivity index (χ4n) is 2.06. The zero-order valence-corrected chi connectivity index (χ0v) is 9.67. The van der Waals surface area contributed by atoms with Crippen LogP contribution in [-0.4, -0.2) is 44.9 Å². The Kier molecular flexibility index (Phi) is 3.23. The smallest absolute Gasteiger partial charge is 0.274 e. The van der Waals surface area contributed by atoms with E-state index >= 15 is 0 Å². The maximum Gasteiger partial charge on any atom is 0.274 e. The lowest BCUT2D eigenvalue weighted by Gasteiger charge is -2.22. The Morgan fingerprint density at radius 1 is 1.59 bits per heavy atom. The zero-order chi connectivity index (χ0) is 12.4. The number of aromatic nitrogens is 2. The van der Waals surface area contributed by atoms with Gasteiger partial charge in [0.1, 0.15) is 5.69 Å². The van der Waals surface area contributed by atoms with E-state index in [0.29, 0.717) is 6.54 Å². The van der Waals surface area contributed by atoms with Crippen LogP contribution in [0.15, 0.2) is 16.9 Å². The molecule has 1 fully saturated rings. The van der Waals surface area contributed by atoms with Gasteiger partial charge in [-0.05, 0) is 18.9 Å². The third-order valence-electron chi connectivity index (χ3n) is 3.03. The predicted octanol–water partition coefficient (Wildman–Crippen LogP) is -0.623. The van der Waals surface area contributed by atoms with Gasteiger partial charge in [0, 0.05) is 19.7 Å². The molecule has 0 bridgehead atoms. The van der Waals surface area contributed by atoms with Crippen LogP contribution in [0, 0.1) is 0 Å². The van der Waals surface area contributed by atoms with Gasteiger partial charge in [0.05, 0.1) is 12.6 Å². The molecule has 0 radical (unpaired) electrons. The average Bonchev–Trinajstić information content (AvgIpc) is 2.80. The zero-order valence-electron chi connectivity index (χ0n) is 9.67. The van der Waals surface area contributed by atoms with Gasteiger partial charge in [-0.1, -0.05) is 0 Å². The molecule has 1 aromatic rings. The standard InChI is InChI=1S/C11H15N3O3/c1-13-10(16)5-4-9(12-13)11(17)14-6-2-3-8(14)7-15/h4-5,8,15H,2-3,6-7H2,1H3/t8-/m1/s1. The van der Waals surface area contributed by atoms with E-state index in [1.165, 1.54) is 19.2 Å². The molecule has 1 aliphatic rings. The van der Waals surface area contributed by atoms with Crippen molar-refractivity contribution in [2.45, 2.75) is 18.9 Å². The SMILES string of the molecule is Cn1nc(C(=O)N2CCC[C@@H]2CO)ccc1=O. The van der Waals surface area contributed by atoms with E-state index in [1.54, 1.807) is 4.90 Å². The first-order valence-corrected chi connectivity index (χ1v) is 5.59. The lowest BCUT2D eigenvalue weighted by molar-refractivity contribution is 0.0669. The van der Waals surface area contributed by atoms with E-state index < -0.39 is 0 Å². The molecule has 0 aliphatic carbocycles. The van der Waals surface area contributed by atoms with Gasteiger partial charge in [0.2, 0.25) is 0 Å². The van der Waals surface area contributed by atoms with E-state index in [0.717, 1.165) is 17.5 Å². The summed E-state index contributed by atoms with van der Waals surface area (Å²) in [5.74, 6) is -0.225. The minimum Gasteiger partial charge on any atom is -0.394 e. The number of carbonyl (C=O) groups is 1. The highest BCUT2D eigenvalue weighted by atomic mass is 16.3. The molecule has 6 nitrogen and oxygen atoms in total. The molecule has 2 rings (SSSR count). The summed E-state index contributed by atoms with van der Waals surface area (Å²) in [7, 11) is 1.51. The highest BCUT2D eigenvalue weighted by molar-refractivity contribution is 5.92. The summed E-state index contributed by atoms with van der Waals surface area (Å²) in [4.78, 5) is 24.9. The summed E-state index contributed by atoms with van der Waals surface area (Å²) in [6, 6.07) is 2.63. The number of hydrogen-bond donors (Lipinski definition) is 1. The number of aliphatic hydroxyl groups excluding tert-OH is 1. The van der Waals surface area contributed by atoms with Crippen LogP contribution in [0.4, 0.5) is 0 Å². The molecule has 1 atom stereocenters. The second-order valence-electron chi connectivity index (χ2n) is 4.16. The number of aryl methyl sites for hydroxylation is 1. The summed E-state index contributed by atoms with van der Waals surface area (Å²) in [6.45, 7) is 0.603. The number of rotatable bonds is 2. The van der Waals surface area contributed by atoms with Crippen LogP contribution in [0.5, 0.6) is 0 Å². The largest absolute Gasteiger partial charge is 0.394 e. The molecule has 1 aliphatic heterocycles. The summed E-state index contributed by atoms with van der Waals surface area (Å²) in [5, 5.41) is 13.1. The van der Waals surface area contributed by atoms with Crippen molar-refractivity contribution in [1.29, 1.82) is 0 Å². The van der Waals surface area contributed by atoms with E-state index in [2.05, 4.69) is 5.10 Å². The lowest BCUT2D eigenvalue weighted by Crippen LogP contribution is -2.38. The number of nitrogens with zero attached hydrogens (tertiary/aromatic N) is 3. The van der Waals surface area contributed by atoms with E-state index in [-0.39, 0.29) is 29.8 Å². The summed E-state index contributed by atoms with van der Waals surface area (Å²) in [5.41, 5.74) is -0.00544. The highest BCUT2D eigenvalue weighted by Gasteiger charge is 2.29. The molecule has 0 saturated carbocycles. The average molecular weight is 237 g/mol. The monoisotopic (exact) mass is 237 g/mol. The molecule has 1 aromatic heterocycles. The maximum atomic E-state index is 12.1. The molecular formula is C11H15N3O3. The third kappa shape index (κ3) is 2.21. The first-order valence-electron chi connectivity index (χ1n) is 5.59. The number of aliphatic hydroxyl groups is 1. The molecule has 1 N–H and O–H groups in total. The Bertz CT molecular complexity index is 483. The van der Waals surface area contributed by atoms with Crippen LogP contribution in [0.2, 0.25) is 0 Å². The molecular weight excluding hydrogens is 222 g/mol. The summed E-state index contributed by atoms with van der Waals surface area (Å²) >= 11 is 0. The van der Waals surface area contributed by atoms with Crippen LogP contribution < -0.4 is 5.56 Å². The molecule has 0 unspecified atom stereocenters. The molecule has 6 heteroatoms. The molecule has 0 aromatic carbocycles. The van der Waals surface area contributed by atoms with Gasteiger partial charge in [0.15, 0.2) is 0 Å². The Balaban J connectivity index is 2.24. The molecule has 17 heavy (non-hydrogen) atoms. The topological polar surface area (TPSA) is 75.4 Å². The number of amides is 1. The van der Waals surface area contributed by atoms with Gasteiger partial charge in [-0.15, -0.1) is 0 Å². The van der Waals surface area contributed by atoms with Crippen molar-refractivity contribution in [2.75, 3.05) is 13.2 Å². The first-order chi connectivity index (χ1) is 8.13. The Morgan fingerprint density at radius 2 is 2.35 bits per heavy atom. The molecule has 1 saturated heterocycles. The summed E-state index contributed by atoms with van der Waals surface area (Å²) < 4.78 is 1.14. The normalized spacial score (nSPS) is 19.6. The Labute approximate surface area is 98.5 Å². The first kappa shape index (κ1) is 11.8. The third-order valence-corrected chi connectivity index (χ3v) is 3.03. The number of likely N-dealkylation sites (tertiary alicyclic amines) is 1. The minimum atomic E-state index is -0.248. The molecule has 92 valence electrons. The van der Waals surface area contributed by atoms with Crippen molar-refractivity contribution >= 4 is 5.91 Å². The van der Waals surface area contributed by atoms with Crippen LogP contribution in [0.1, 0.15) is 23.3 Å². The number of hydrogen-bond acceptors (Lipinski definition) is 4. The van der Waals surface area contributed by atoms with Crippen LogP contribution in [0.25, 0.3) is 0 Å². The lowest BCUT2D eigenvalue weighted by atomic mass is 10.2. The van der Waals surface area contributed by atoms with Crippen molar-refractivity contribution in [1.82, 2.24) is 14.7 Å². The van der Waals surface area contributed by atoms with E-state index in [4.69, 9.17) is 5.11 Å². The fourth-order valence-corrected chi connectivity index (χ4v) is 2.06. The second-order valence-corrected chi connectivity index (χ2v) is 4.16. The van der Waals surface area contributed by atoms with Crippen molar-refractivity contribution in [3.05, 3.63) is 28.2 Å². The van der Waals surface area contributed by atoms with E-state index in [9.17, 15) is 9.59 Å². The van der Waals surface area contributed by atoms with Crippen molar-refractivity contribution in [3.8, 4) is 0 Å². The molecule has 1 amide bonds. The minimum absolute atomic E-state index is 0.0303. The van der Waals surface area contributed by atoms with Crippen molar-refractivity contribution < 1.29 is 9.90 Å². The highest BCUT2D eigenvalue weighted by Crippen LogP contribution is 2.18. The molecule has 2 heterocycles. The van der Waals surface area contributed by atoms with Gasteiger partial charge in [-0.3, -0.25) is 9.59 Å². The van der Waals surface area contributed by atoms with E-state index in [1.807, 2.05) is 0 Å². The maximum absolute atomic E-state index is 12.1. The fraction of sp³-hybridized carbons (Fsp3) is 0.545. The summed E-state index contributed by atoms with van der Waals surface area (Å²) in [6.07, 6.45) is 1.71. The predicted molar refractivity (Wildman–Crippen MR) is 60.6 cm³/mol.